The largest absolute Gasteiger partial charge is 0.492 e. The number of nitrogens with zero attached hydrogens (tertiary/aromatic N) is 1. The molecule has 1 aromatic carbocycles. The molecule has 0 aliphatic rings. The summed E-state index contributed by atoms with van der Waals surface area (Å²) in [6, 6.07) is 5.62. The van der Waals surface area contributed by atoms with Crippen molar-refractivity contribution in [3.05, 3.63) is 28.8 Å². The SMILES string of the molecule is Cc1cc(C#N)cc(C)c1OCC(C)(C)C(=O)NN. The highest BCUT2D eigenvalue weighted by Gasteiger charge is 2.28. The number of carbonyl (C=O) groups is 1. The lowest BCUT2D eigenvalue weighted by atomic mass is 9.94. The van der Waals surface area contributed by atoms with E-state index >= 15 is 0 Å². The number of aryl methyl sites for hydroxylation is 2. The van der Waals surface area contributed by atoms with Gasteiger partial charge in [-0.2, -0.15) is 5.26 Å². The molecule has 5 nitrogen and oxygen atoms in total. The molecule has 1 rings (SSSR count). The van der Waals surface area contributed by atoms with E-state index in [0.29, 0.717) is 11.3 Å². The second-order valence-corrected chi connectivity index (χ2v) is 5.20. The summed E-state index contributed by atoms with van der Waals surface area (Å²) in [5.74, 6) is 5.56. The quantitative estimate of drug-likeness (QED) is 0.489. The van der Waals surface area contributed by atoms with Crippen molar-refractivity contribution >= 4 is 5.91 Å². The van der Waals surface area contributed by atoms with E-state index < -0.39 is 5.41 Å². The molecule has 0 aliphatic carbocycles. The third kappa shape index (κ3) is 3.46. The summed E-state index contributed by atoms with van der Waals surface area (Å²) in [7, 11) is 0. The highest BCUT2D eigenvalue weighted by molar-refractivity contribution is 5.81. The number of ether oxygens (including phenoxy) is 1. The summed E-state index contributed by atoms with van der Waals surface area (Å²) >= 11 is 0. The van der Waals surface area contributed by atoms with Gasteiger partial charge in [0, 0.05) is 0 Å². The van der Waals surface area contributed by atoms with E-state index in [4.69, 9.17) is 15.8 Å². The summed E-state index contributed by atoms with van der Waals surface area (Å²) < 4.78 is 5.73. The first-order valence-corrected chi connectivity index (χ1v) is 5.97. The Kier molecular flexibility index (Phi) is 4.52. The molecule has 0 saturated heterocycles. The molecule has 0 unspecified atom stereocenters. The van der Waals surface area contributed by atoms with Crippen molar-refractivity contribution in [2.24, 2.45) is 11.3 Å². The number of hydrogen-bond donors (Lipinski definition) is 2. The molecule has 1 aromatic rings. The van der Waals surface area contributed by atoms with Gasteiger partial charge in [0.05, 0.1) is 17.0 Å². The van der Waals surface area contributed by atoms with Crippen LogP contribution in [0.3, 0.4) is 0 Å². The number of benzene rings is 1. The van der Waals surface area contributed by atoms with Gasteiger partial charge in [-0.25, -0.2) is 5.84 Å². The number of rotatable bonds is 4. The van der Waals surface area contributed by atoms with Crippen LogP contribution in [0, 0.1) is 30.6 Å². The molecule has 0 spiro atoms. The van der Waals surface area contributed by atoms with E-state index in [0.717, 1.165) is 11.1 Å². The minimum atomic E-state index is -0.721. The first-order chi connectivity index (χ1) is 8.81. The van der Waals surface area contributed by atoms with Gasteiger partial charge >= 0.3 is 0 Å². The lowest BCUT2D eigenvalue weighted by Crippen LogP contribution is -2.44. The van der Waals surface area contributed by atoms with Gasteiger partial charge in [-0.05, 0) is 51.0 Å². The van der Waals surface area contributed by atoms with Gasteiger partial charge in [-0.1, -0.05) is 0 Å². The van der Waals surface area contributed by atoms with Gasteiger partial charge < -0.3 is 4.74 Å². The van der Waals surface area contributed by atoms with Crippen molar-refractivity contribution in [1.29, 1.82) is 5.26 Å². The number of nitriles is 1. The minimum Gasteiger partial charge on any atom is -0.492 e. The van der Waals surface area contributed by atoms with Crippen LogP contribution in [0.2, 0.25) is 0 Å². The van der Waals surface area contributed by atoms with E-state index in [9.17, 15) is 4.79 Å². The monoisotopic (exact) mass is 261 g/mol. The van der Waals surface area contributed by atoms with E-state index in [1.165, 1.54) is 0 Å². The highest BCUT2D eigenvalue weighted by atomic mass is 16.5. The number of carbonyl (C=O) groups excluding carboxylic acids is 1. The molecule has 0 saturated carbocycles. The number of nitrogens with one attached hydrogen (secondary N) is 1. The molecule has 0 aromatic heterocycles. The Balaban J connectivity index is 2.91. The zero-order valence-electron chi connectivity index (χ0n) is 11.7. The molecule has 19 heavy (non-hydrogen) atoms. The van der Waals surface area contributed by atoms with Gasteiger partial charge in [-0.15, -0.1) is 0 Å². The molecule has 0 bridgehead atoms. The van der Waals surface area contributed by atoms with Crippen molar-refractivity contribution in [1.82, 2.24) is 5.43 Å². The predicted molar refractivity (Wildman–Crippen MR) is 72.2 cm³/mol. The highest BCUT2D eigenvalue weighted by Crippen LogP contribution is 2.27. The van der Waals surface area contributed by atoms with Crippen LogP contribution >= 0.6 is 0 Å². The normalized spacial score (nSPS) is 10.7. The molecule has 1 amide bonds. The van der Waals surface area contributed by atoms with Gasteiger partial charge in [0.25, 0.3) is 0 Å². The number of hydrazine groups is 1. The number of hydrogen-bond acceptors (Lipinski definition) is 4. The van der Waals surface area contributed by atoms with Crippen molar-refractivity contribution in [3.63, 3.8) is 0 Å². The second kappa shape index (κ2) is 5.72. The fraction of sp³-hybridized carbons (Fsp3) is 0.429. The van der Waals surface area contributed by atoms with Crippen molar-refractivity contribution in [3.8, 4) is 11.8 Å². The Morgan fingerprint density at radius 1 is 1.42 bits per heavy atom. The summed E-state index contributed by atoms with van der Waals surface area (Å²) in [6.45, 7) is 7.47. The van der Waals surface area contributed by atoms with E-state index in [2.05, 4.69) is 11.5 Å². The van der Waals surface area contributed by atoms with Crippen molar-refractivity contribution in [2.75, 3.05) is 6.61 Å². The number of amides is 1. The maximum atomic E-state index is 11.6. The average Bonchev–Trinajstić information content (AvgIpc) is 2.36. The Bertz CT molecular complexity index is 507. The zero-order chi connectivity index (χ0) is 14.6. The van der Waals surface area contributed by atoms with E-state index in [1.54, 1.807) is 26.0 Å². The zero-order valence-corrected chi connectivity index (χ0v) is 11.7. The van der Waals surface area contributed by atoms with Crippen LogP contribution in [0.25, 0.3) is 0 Å². The smallest absolute Gasteiger partial charge is 0.242 e. The molecular weight excluding hydrogens is 242 g/mol. The van der Waals surface area contributed by atoms with Gasteiger partial charge in [0.2, 0.25) is 5.91 Å². The molecule has 0 aliphatic heterocycles. The van der Waals surface area contributed by atoms with Gasteiger partial charge in [0.15, 0.2) is 0 Å². The predicted octanol–water partition coefficient (Wildman–Crippen LogP) is 1.57. The molecule has 102 valence electrons. The molecular formula is C14H19N3O2. The lowest BCUT2D eigenvalue weighted by Gasteiger charge is -2.23. The number of nitrogens with two attached hydrogens (primary N) is 1. The topological polar surface area (TPSA) is 88.1 Å². The van der Waals surface area contributed by atoms with Gasteiger partial charge in [-0.3, -0.25) is 10.2 Å². The Morgan fingerprint density at radius 3 is 2.37 bits per heavy atom. The fourth-order valence-electron chi connectivity index (χ4n) is 1.76. The summed E-state index contributed by atoms with van der Waals surface area (Å²) in [6.07, 6.45) is 0. The van der Waals surface area contributed by atoms with Crippen LogP contribution in [-0.2, 0) is 4.79 Å². The van der Waals surface area contributed by atoms with Crippen LogP contribution in [0.4, 0.5) is 0 Å². The standard InChI is InChI=1S/C14H19N3O2/c1-9-5-11(7-15)6-10(2)12(9)19-8-14(3,4)13(18)17-16/h5-6H,8,16H2,1-4H3,(H,17,18). The Morgan fingerprint density at radius 2 is 1.95 bits per heavy atom. The summed E-state index contributed by atoms with van der Waals surface area (Å²) in [5.41, 5.74) is 3.76. The van der Waals surface area contributed by atoms with Gasteiger partial charge in [0.1, 0.15) is 12.4 Å². The molecule has 3 N–H and O–H groups in total. The lowest BCUT2D eigenvalue weighted by molar-refractivity contribution is -0.130. The molecule has 0 radical (unpaired) electrons. The van der Waals surface area contributed by atoms with Crippen LogP contribution in [0.1, 0.15) is 30.5 Å². The third-order valence-electron chi connectivity index (χ3n) is 2.91. The van der Waals surface area contributed by atoms with Crippen molar-refractivity contribution < 1.29 is 9.53 Å². The Hall–Kier alpha value is -2.06. The average molecular weight is 261 g/mol. The van der Waals surface area contributed by atoms with Crippen molar-refractivity contribution in [2.45, 2.75) is 27.7 Å². The molecule has 0 atom stereocenters. The molecule has 5 heteroatoms. The summed E-state index contributed by atoms with van der Waals surface area (Å²) in [4.78, 5) is 11.6. The van der Waals surface area contributed by atoms with Crippen LogP contribution < -0.4 is 16.0 Å². The second-order valence-electron chi connectivity index (χ2n) is 5.20. The maximum absolute atomic E-state index is 11.6. The van der Waals surface area contributed by atoms with Crippen LogP contribution in [0.15, 0.2) is 12.1 Å². The van der Waals surface area contributed by atoms with E-state index in [1.807, 2.05) is 13.8 Å². The first-order valence-electron chi connectivity index (χ1n) is 5.97. The molecule has 0 heterocycles. The van der Waals surface area contributed by atoms with Crippen LogP contribution in [0.5, 0.6) is 5.75 Å². The maximum Gasteiger partial charge on any atom is 0.242 e. The minimum absolute atomic E-state index is 0.212. The molecule has 0 fully saturated rings. The fourth-order valence-corrected chi connectivity index (χ4v) is 1.76. The Labute approximate surface area is 113 Å². The van der Waals surface area contributed by atoms with E-state index in [-0.39, 0.29) is 12.5 Å². The summed E-state index contributed by atoms with van der Waals surface area (Å²) in [5, 5.41) is 8.88. The third-order valence-corrected chi connectivity index (χ3v) is 2.91. The first kappa shape index (κ1) is 15.0. The van der Waals surface area contributed by atoms with Crippen LogP contribution in [-0.4, -0.2) is 12.5 Å².